The Bertz CT molecular complexity index is 1410. The van der Waals surface area contributed by atoms with Crippen LogP contribution < -0.4 is 24.8 Å². The fourth-order valence-electron chi connectivity index (χ4n) is 3.60. The zero-order valence-corrected chi connectivity index (χ0v) is 22.3. The molecule has 8 nitrogen and oxygen atoms in total. The second-order valence-corrected chi connectivity index (χ2v) is 8.65. The molecule has 3 rings (SSSR count). The van der Waals surface area contributed by atoms with E-state index in [0.29, 0.717) is 29.3 Å². The fraction of sp³-hybridized carbons (Fsp3) is 0.207. The molecule has 0 spiro atoms. The first-order valence-corrected chi connectivity index (χ1v) is 12.2. The van der Waals surface area contributed by atoms with Crippen molar-refractivity contribution in [2.24, 2.45) is 0 Å². The van der Waals surface area contributed by atoms with Gasteiger partial charge in [0.05, 0.1) is 24.4 Å². The number of ether oxygens (including phenoxy) is 3. The highest BCUT2D eigenvalue weighted by Crippen LogP contribution is 2.37. The predicted molar refractivity (Wildman–Crippen MR) is 148 cm³/mol. The first kappa shape index (κ1) is 28.1. The Morgan fingerprint density at radius 2 is 1.76 bits per heavy atom. The Labute approximate surface area is 226 Å². The number of carbonyl (C=O) groups is 2. The van der Waals surface area contributed by atoms with Gasteiger partial charge in [-0.1, -0.05) is 41.4 Å². The highest BCUT2D eigenvalue weighted by molar-refractivity contribution is 6.32. The van der Waals surface area contributed by atoms with Crippen LogP contribution in [0.4, 0.5) is 11.4 Å². The smallest absolute Gasteiger partial charge is 0.266 e. The minimum Gasteiger partial charge on any atom is -0.495 e. The lowest BCUT2D eigenvalue weighted by atomic mass is 10.1. The average molecular weight is 534 g/mol. The number of methoxy groups -OCH3 is 1. The third kappa shape index (κ3) is 7.28. The van der Waals surface area contributed by atoms with Crippen molar-refractivity contribution in [2.45, 2.75) is 20.8 Å². The van der Waals surface area contributed by atoms with E-state index in [9.17, 15) is 14.9 Å². The average Bonchev–Trinajstić information content (AvgIpc) is 2.88. The summed E-state index contributed by atoms with van der Waals surface area (Å²) in [4.78, 5) is 25.3. The lowest BCUT2D eigenvalue weighted by Crippen LogP contribution is -2.21. The zero-order valence-electron chi connectivity index (χ0n) is 21.6. The maximum absolute atomic E-state index is 12.8. The number of carbonyl (C=O) groups excluding carboxylic acids is 2. The molecule has 0 aliphatic carbocycles. The van der Waals surface area contributed by atoms with Crippen molar-refractivity contribution in [3.63, 3.8) is 0 Å². The second-order valence-electron chi connectivity index (χ2n) is 8.24. The van der Waals surface area contributed by atoms with Crippen LogP contribution in [0.15, 0.2) is 60.2 Å². The van der Waals surface area contributed by atoms with E-state index in [0.717, 1.165) is 11.1 Å². The Balaban J connectivity index is 1.79. The van der Waals surface area contributed by atoms with E-state index >= 15 is 0 Å². The van der Waals surface area contributed by atoms with Crippen LogP contribution in [0.3, 0.4) is 0 Å². The molecule has 0 aliphatic heterocycles. The molecule has 3 aromatic carbocycles. The minimum atomic E-state index is -0.554. The first-order chi connectivity index (χ1) is 18.2. The van der Waals surface area contributed by atoms with Crippen molar-refractivity contribution in [2.75, 3.05) is 31.0 Å². The number of nitriles is 1. The summed E-state index contributed by atoms with van der Waals surface area (Å²) in [7, 11) is 1.51. The number of hydrogen-bond donors (Lipinski definition) is 2. The molecular weight excluding hydrogens is 506 g/mol. The summed E-state index contributed by atoms with van der Waals surface area (Å²) >= 11 is 6.46. The van der Waals surface area contributed by atoms with Gasteiger partial charge in [0, 0.05) is 5.69 Å². The summed E-state index contributed by atoms with van der Waals surface area (Å²) in [5, 5.41) is 15.3. The van der Waals surface area contributed by atoms with E-state index in [4.69, 9.17) is 25.8 Å². The normalized spacial score (nSPS) is 10.8. The topological polar surface area (TPSA) is 110 Å². The van der Waals surface area contributed by atoms with Gasteiger partial charge >= 0.3 is 0 Å². The molecule has 0 radical (unpaired) electrons. The summed E-state index contributed by atoms with van der Waals surface area (Å²) in [5.41, 5.74) is 3.40. The van der Waals surface area contributed by atoms with Gasteiger partial charge in [-0.05, 0) is 68.3 Å². The molecule has 38 heavy (non-hydrogen) atoms. The van der Waals surface area contributed by atoms with Crippen LogP contribution in [0.5, 0.6) is 17.2 Å². The maximum atomic E-state index is 12.8. The monoisotopic (exact) mass is 533 g/mol. The largest absolute Gasteiger partial charge is 0.495 e. The summed E-state index contributed by atoms with van der Waals surface area (Å²) in [6, 6.07) is 17.6. The van der Waals surface area contributed by atoms with E-state index < -0.39 is 11.8 Å². The molecule has 196 valence electrons. The van der Waals surface area contributed by atoms with Crippen LogP contribution in [0.2, 0.25) is 5.02 Å². The molecule has 2 N–H and O–H groups in total. The molecule has 0 bridgehead atoms. The van der Waals surface area contributed by atoms with Crippen molar-refractivity contribution >= 4 is 40.9 Å². The van der Waals surface area contributed by atoms with Gasteiger partial charge in [0.1, 0.15) is 17.4 Å². The minimum absolute atomic E-state index is 0.117. The highest BCUT2D eigenvalue weighted by Gasteiger charge is 2.17. The molecular formula is C29H28ClN3O5. The molecule has 0 fully saturated rings. The van der Waals surface area contributed by atoms with Crippen LogP contribution in [0, 0.1) is 25.2 Å². The van der Waals surface area contributed by atoms with Gasteiger partial charge in [-0.3, -0.25) is 9.59 Å². The number of hydrogen-bond acceptors (Lipinski definition) is 6. The standard InChI is InChI=1S/C29H28ClN3O5/c1-5-37-26-15-20(13-21(16-31)29(35)33-23-11-10-18(2)12-19(23)3)14-22(30)28(26)38-17-27(34)32-24-8-6-7-9-25(24)36-4/h6-15H,5,17H2,1-4H3,(H,32,34)(H,33,35)/b21-13+. The van der Waals surface area contributed by atoms with Gasteiger partial charge in [0.25, 0.3) is 11.8 Å². The number of amides is 2. The quantitative estimate of drug-likeness (QED) is 0.247. The number of nitrogens with zero attached hydrogens (tertiary/aromatic N) is 1. The predicted octanol–water partition coefficient (Wildman–Crippen LogP) is 5.93. The van der Waals surface area contributed by atoms with Crippen LogP contribution in [-0.4, -0.2) is 32.1 Å². The molecule has 0 atom stereocenters. The lowest BCUT2D eigenvalue weighted by molar-refractivity contribution is -0.118. The third-order valence-electron chi connectivity index (χ3n) is 5.37. The van der Waals surface area contributed by atoms with E-state index in [-0.39, 0.29) is 28.7 Å². The summed E-state index contributed by atoms with van der Waals surface area (Å²) < 4.78 is 16.6. The second kappa shape index (κ2) is 13.2. The number of anilines is 2. The van der Waals surface area contributed by atoms with Crippen LogP contribution >= 0.6 is 11.6 Å². The molecule has 0 aromatic heterocycles. The molecule has 0 saturated carbocycles. The number of rotatable bonds is 10. The summed E-state index contributed by atoms with van der Waals surface area (Å²) in [6.45, 7) is 5.58. The van der Waals surface area contributed by atoms with Gasteiger partial charge in [0.2, 0.25) is 0 Å². The Morgan fingerprint density at radius 3 is 2.45 bits per heavy atom. The number of halogens is 1. The molecule has 9 heteroatoms. The van der Waals surface area contributed by atoms with Crippen LogP contribution in [-0.2, 0) is 9.59 Å². The van der Waals surface area contributed by atoms with Crippen LogP contribution in [0.25, 0.3) is 6.08 Å². The Hall–Kier alpha value is -4.48. The maximum Gasteiger partial charge on any atom is 0.266 e. The van der Waals surface area contributed by atoms with E-state index in [2.05, 4.69) is 10.6 Å². The first-order valence-electron chi connectivity index (χ1n) is 11.8. The van der Waals surface area contributed by atoms with Gasteiger partial charge < -0.3 is 24.8 Å². The van der Waals surface area contributed by atoms with Gasteiger partial charge in [0.15, 0.2) is 18.1 Å². The van der Waals surface area contributed by atoms with E-state index in [1.54, 1.807) is 43.3 Å². The fourth-order valence-corrected chi connectivity index (χ4v) is 3.88. The number of benzene rings is 3. The molecule has 3 aromatic rings. The molecule has 0 saturated heterocycles. The number of nitrogens with one attached hydrogen (secondary N) is 2. The number of aryl methyl sites for hydroxylation is 2. The van der Waals surface area contributed by atoms with E-state index in [1.165, 1.54) is 19.3 Å². The van der Waals surface area contributed by atoms with Crippen molar-refractivity contribution in [1.82, 2.24) is 0 Å². The van der Waals surface area contributed by atoms with Crippen molar-refractivity contribution in [3.8, 4) is 23.3 Å². The number of para-hydroxylation sites is 2. The molecule has 0 aliphatic rings. The van der Waals surface area contributed by atoms with Gasteiger partial charge in [-0.2, -0.15) is 5.26 Å². The van der Waals surface area contributed by atoms with Gasteiger partial charge in [-0.25, -0.2) is 0 Å². The lowest BCUT2D eigenvalue weighted by Gasteiger charge is -2.15. The summed E-state index contributed by atoms with van der Waals surface area (Å²) in [6.07, 6.45) is 1.41. The SMILES string of the molecule is CCOc1cc(/C=C(\C#N)C(=O)Nc2ccc(C)cc2C)cc(Cl)c1OCC(=O)Nc1ccccc1OC. The van der Waals surface area contributed by atoms with Crippen molar-refractivity contribution in [3.05, 3.63) is 81.9 Å². The van der Waals surface area contributed by atoms with E-state index in [1.807, 2.05) is 32.0 Å². The molecule has 0 unspecified atom stereocenters. The Kier molecular flexibility index (Phi) is 9.74. The zero-order chi connectivity index (χ0) is 27.7. The van der Waals surface area contributed by atoms with Crippen LogP contribution in [0.1, 0.15) is 23.6 Å². The van der Waals surface area contributed by atoms with Gasteiger partial charge in [-0.15, -0.1) is 0 Å². The highest BCUT2D eigenvalue weighted by atomic mass is 35.5. The van der Waals surface area contributed by atoms with Crippen molar-refractivity contribution in [1.29, 1.82) is 5.26 Å². The summed E-state index contributed by atoms with van der Waals surface area (Å²) in [5.74, 6) is -0.0314. The third-order valence-corrected chi connectivity index (χ3v) is 5.65. The molecule has 0 heterocycles. The van der Waals surface area contributed by atoms with Crippen molar-refractivity contribution < 1.29 is 23.8 Å². The molecule has 2 amide bonds. The Morgan fingerprint density at radius 1 is 1.00 bits per heavy atom.